The molecule has 2 aliphatic heterocycles. The highest BCUT2D eigenvalue weighted by atomic mass is 16.6. The second-order valence-corrected chi connectivity index (χ2v) is 3.70. The van der Waals surface area contributed by atoms with Crippen LogP contribution in [0, 0.1) is 0 Å². The molecule has 0 aromatic carbocycles. The van der Waals surface area contributed by atoms with Gasteiger partial charge < -0.3 is 25.0 Å². The van der Waals surface area contributed by atoms with Gasteiger partial charge in [0.15, 0.2) is 6.23 Å². The molecule has 0 aromatic heterocycles. The Morgan fingerprint density at radius 1 is 1.27 bits per heavy atom. The topological polar surface area (TPSA) is 73.2 Å². The van der Waals surface area contributed by atoms with E-state index in [-0.39, 0.29) is 6.61 Å². The quantitative estimate of drug-likeness (QED) is 0.538. The Morgan fingerprint density at radius 2 is 2.07 bits per heavy atom. The van der Waals surface area contributed by atoms with E-state index in [4.69, 9.17) is 9.84 Å². The van der Waals surface area contributed by atoms with Gasteiger partial charge in [0.1, 0.15) is 18.3 Å². The summed E-state index contributed by atoms with van der Waals surface area (Å²) in [6, 6.07) is 0. The van der Waals surface area contributed by atoms with Crippen molar-refractivity contribution in [3.63, 3.8) is 0 Å². The number of aliphatic hydroxyl groups excluding tert-OH is 3. The van der Waals surface area contributed by atoms with Crippen molar-refractivity contribution in [3.05, 3.63) is 24.4 Å². The first-order valence-corrected chi connectivity index (χ1v) is 4.95. The minimum absolute atomic E-state index is 0.290. The third kappa shape index (κ3) is 1.91. The molecule has 1 saturated heterocycles. The van der Waals surface area contributed by atoms with Crippen LogP contribution in [-0.2, 0) is 4.74 Å². The van der Waals surface area contributed by atoms with Crippen LogP contribution in [0.1, 0.15) is 0 Å². The fraction of sp³-hybridized carbons (Fsp3) is 0.600. The predicted molar refractivity (Wildman–Crippen MR) is 52.7 cm³/mol. The van der Waals surface area contributed by atoms with Crippen LogP contribution in [0.25, 0.3) is 0 Å². The van der Waals surface area contributed by atoms with E-state index in [2.05, 4.69) is 0 Å². The van der Waals surface area contributed by atoms with Crippen molar-refractivity contribution < 1.29 is 20.1 Å². The Labute approximate surface area is 87.9 Å². The minimum Gasteiger partial charge on any atom is -0.394 e. The maximum Gasteiger partial charge on any atom is 0.159 e. The molecule has 2 aliphatic rings. The summed E-state index contributed by atoms with van der Waals surface area (Å²) in [5.41, 5.74) is 0. The number of hydrogen-bond donors (Lipinski definition) is 3. The van der Waals surface area contributed by atoms with E-state index in [0.29, 0.717) is 6.54 Å². The zero-order valence-corrected chi connectivity index (χ0v) is 8.23. The van der Waals surface area contributed by atoms with E-state index < -0.39 is 24.5 Å². The van der Waals surface area contributed by atoms with Crippen molar-refractivity contribution in [2.24, 2.45) is 0 Å². The first-order chi connectivity index (χ1) is 7.24. The van der Waals surface area contributed by atoms with Gasteiger partial charge in [-0.1, -0.05) is 12.2 Å². The molecule has 3 N–H and O–H groups in total. The Kier molecular flexibility index (Phi) is 3.06. The van der Waals surface area contributed by atoms with Crippen LogP contribution in [-0.4, -0.2) is 57.9 Å². The number of rotatable bonds is 2. The van der Waals surface area contributed by atoms with Crippen LogP contribution in [0.4, 0.5) is 0 Å². The lowest BCUT2D eigenvalue weighted by Crippen LogP contribution is -2.42. The summed E-state index contributed by atoms with van der Waals surface area (Å²) < 4.78 is 5.37. The molecule has 0 amide bonds. The molecule has 0 aromatic rings. The molecule has 2 heterocycles. The number of hydrogen-bond acceptors (Lipinski definition) is 5. The van der Waals surface area contributed by atoms with Crippen molar-refractivity contribution in [3.8, 4) is 0 Å². The summed E-state index contributed by atoms with van der Waals surface area (Å²) >= 11 is 0. The third-order valence-electron chi connectivity index (χ3n) is 2.68. The second kappa shape index (κ2) is 4.32. The smallest absolute Gasteiger partial charge is 0.159 e. The Bertz CT molecular complexity index is 279. The average Bonchev–Trinajstić information content (AvgIpc) is 2.57. The Morgan fingerprint density at radius 3 is 2.60 bits per heavy atom. The molecular formula is C10H15NO4. The van der Waals surface area contributed by atoms with Crippen LogP contribution < -0.4 is 0 Å². The van der Waals surface area contributed by atoms with Gasteiger partial charge in [0, 0.05) is 12.7 Å². The number of ether oxygens (including phenoxy) is 1. The lowest BCUT2D eigenvalue weighted by Gasteiger charge is -2.29. The standard InChI is InChI=1S/C10H15NO4/c12-6-7-8(13)9(14)10(15-7)11-4-2-1-3-5-11/h1-4,7-10,12-14H,5-6H2/t7-,8-,9-,10-/m1/s1. The highest BCUT2D eigenvalue weighted by Gasteiger charge is 2.44. The van der Waals surface area contributed by atoms with E-state index in [9.17, 15) is 10.2 Å². The van der Waals surface area contributed by atoms with Crippen molar-refractivity contribution in [2.45, 2.75) is 24.5 Å². The van der Waals surface area contributed by atoms with E-state index in [1.165, 1.54) is 0 Å². The van der Waals surface area contributed by atoms with Gasteiger partial charge in [-0.05, 0) is 6.08 Å². The maximum atomic E-state index is 9.73. The van der Waals surface area contributed by atoms with E-state index in [1.807, 2.05) is 18.2 Å². The van der Waals surface area contributed by atoms with Crippen molar-refractivity contribution in [1.29, 1.82) is 0 Å². The molecule has 5 nitrogen and oxygen atoms in total. The maximum absolute atomic E-state index is 9.73. The molecule has 84 valence electrons. The summed E-state index contributed by atoms with van der Waals surface area (Å²) in [7, 11) is 0. The van der Waals surface area contributed by atoms with Crippen LogP contribution in [0.2, 0.25) is 0 Å². The van der Waals surface area contributed by atoms with Gasteiger partial charge in [-0.25, -0.2) is 0 Å². The molecule has 2 rings (SSSR count). The van der Waals surface area contributed by atoms with E-state index in [1.54, 1.807) is 11.1 Å². The molecule has 0 saturated carbocycles. The molecule has 0 aliphatic carbocycles. The molecular weight excluding hydrogens is 198 g/mol. The van der Waals surface area contributed by atoms with Gasteiger partial charge in [0.2, 0.25) is 0 Å². The van der Waals surface area contributed by atoms with Gasteiger partial charge >= 0.3 is 0 Å². The summed E-state index contributed by atoms with van der Waals surface area (Å²) in [4.78, 5) is 1.78. The molecule has 0 spiro atoms. The molecule has 1 fully saturated rings. The van der Waals surface area contributed by atoms with Gasteiger partial charge in [-0.15, -0.1) is 0 Å². The average molecular weight is 213 g/mol. The van der Waals surface area contributed by atoms with Gasteiger partial charge in [0.05, 0.1) is 6.61 Å². The number of aliphatic hydroxyl groups is 3. The predicted octanol–water partition coefficient (Wildman–Crippen LogP) is -1.19. The third-order valence-corrected chi connectivity index (χ3v) is 2.68. The van der Waals surface area contributed by atoms with Crippen molar-refractivity contribution >= 4 is 0 Å². The van der Waals surface area contributed by atoms with Crippen LogP contribution >= 0.6 is 0 Å². The molecule has 0 radical (unpaired) electrons. The lowest BCUT2D eigenvalue weighted by molar-refractivity contribution is -0.0765. The lowest BCUT2D eigenvalue weighted by atomic mass is 10.1. The highest BCUT2D eigenvalue weighted by molar-refractivity contribution is 5.10. The van der Waals surface area contributed by atoms with Crippen LogP contribution in [0.5, 0.6) is 0 Å². The molecule has 0 bridgehead atoms. The summed E-state index contributed by atoms with van der Waals surface area (Å²) in [5, 5.41) is 28.2. The summed E-state index contributed by atoms with van der Waals surface area (Å²) in [6.07, 6.45) is 4.14. The SMILES string of the molecule is OC[C@H]1O[C@@H](N2C=CC=CC2)[C@H](O)[C@@H]1O. The number of nitrogens with zero attached hydrogens (tertiary/aromatic N) is 1. The van der Waals surface area contributed by atoms with Crippen molar-refractivity contribution in [2.75, 3.05) is 13.2 Å². The monoisotopic (exact) mass is 213 g/mol. The van der Waals surface area contributed by atoms with E-state index in [0.717, 1.165) is 0 Å². The second-order valence-electron chi connectivity index (χ2n) is 3.70. The van der Waals surface area contributed by atoms with Crippen LogP contribution in [0.3, 0.4) is 0 Å². The minimum atomic E-state index is -1.03. The zero-order chi connectivity index (χ0) is 10.8. The Balaban J connectivity index is 2.04. The van der Waals surface area contributed by atoms with Gasteiger partial charge in [0.25, 0.3) is 0 Å². The molecule has 0 unspecified atom stereocenters. The summed E-state index contributed by atoms with van der Waals surface area (Å²) in [6.45, 7) is 0.339. The largest absolute Gasteiger partial charge is 0.394 e. The van der Waals surface area contributed by atoms with Crippen LogP contribution in [0.15, 0.2) is 24.4 Å². The molecule has 5 heteroatoms. The van der Waals surface area contributed by atoms with Gasteiger partial charge in [-0.2, -0.15) is 0 Å². The highest BCUT2D eigenvalue weighted by Crippen LogP contribution is 2.24. The fourth-order valence-electron chi connectivity index (χ4n) is 1.83. The van der Waals surface area contributed by atoms with Gasteiger partial charge in [-0.3, -0.25) is 0 Å². The fourth-order valence-corrected chi connectivity index (χ4v) is 1.83. The molecule has 4 atom stereocenters. The van der Waals surface area contributed by atoms with E-state index >= 15 is 0 Å². The first kappa shape index (κ1) is 10.6. The molecule has 15 heavy (non-hydrogen) atoms. The Hall–Kier alpha value is -0.880. The summed E-state index contributed by atoms with van der Waals surface area (Å²) in [5.74, 6) is 0. The normalized spacial score (nSPS) is 40.1. The first-order valence-electron chi connectivity index (χ1n) is 4.95. The zero-order valence-electron chi connectivity index (χ0n) is 8.23. The van der Waals surface area contributed by atoms with Crippen molar-refractivity contribution in [1.82, 2.24) is 4.90 Å². The number of allylic oxidation sites excluding steroid dienone is 2.